The van der Waals surface area contributed by atoms with Gasteiger partial charge < -0.3 is 20.8 Å². The predicted molar refractivity (Wildman–Crippen MR) is 71.8 cm³/mol. The van der Waals surface area contributed by atoms with Crippen LogP contribution >= 0.6 is 69.6 Å². The molecule has 1 fully saturated rings. The standard InChI is InChI=1S/C6H6Cl6.NO3.H2O.Y/c7-1-2(8)4(10)6(12)5(11)3(1)9;2-1(3)4;;/h1-6H;;1H2;/q;-1;;/t1-,2-,3-,4+,5+,6+;;;. The fourth-order valence-corrected chi connectivity index (χ4v) is 3.38. The summed E-state index contributed by atoms with van der Waals surface area (Å²) in [6.07, 6.45) is 0. The summed E-state index contributed by atoms with van der Waals surface area (Å²) in [6.45, 7) is 0. The summed E-state index contributed by atoms with van der Waals surface area (Å²) >= 11 is 35.3. The van der Waals surface area contributed by atoms with Gasteiger partial charge in [-0.2, -0.15) is 0 Å². The first-order valence-corrected chi connectivity index (χ1v) is 6.48. The second-order valence-corrected chi connectivity index (χ2v) is 5.91. The van der Waals surface area contributed by atoms with E-state index >= 15 is 0 Å². The largest absolute Gasteiger partial charge is 0.412 e. The Morgan fingerprint density at radius 1 is 0.667 bits per heavy atom. The zero-order valence-electron chi connectivity index (χ0n) is 8.48. The van der Waals surface area contributed by atoms with E-state index < -0.39 is 37.3 Å². The Morgan fingerprint density at radius 2 is 0.722 bits per heavy atom. The van der Waals surface area contributed by atoms with E-state index in [1.165, 1.54) is 0 Å². The van der Waals surface area contributed by atoms with Gasteiger partial charge in [0.1, 0.15) is 0 Å². The summed E-state index contributed by atoms with van der Waals surface area (Å²) < 4.78 is 0. The van der Waals surface area contributed by atoms with E-state index in [1.807, 2.05) is 0 Å². The van der Waals surface area contributed by atoms with Crippen LogP contribution in [0.5, 0.6) is 0 Å². The first-order valence-electron chi connectivity index (χ1n) is 3.86. The van der Waals surface area contributed by atoms with Crippen molar-refractivity contribution in [2.24, 2.45) is 0 Å². The van der Waals surface area contributed by atoms with Gasteiger partial charge in [-0.05, 0) is 0 Å². The Labute approximate surface area is 159 Å². The quantitative estimate of drug-likeness (QED) is 0.316. The number of halogens is 6. The Hall–Kier alpha value is 2.00. The van der Waals surface area contributed by atoms with Crippen LogP contribution in [0, 0.1) is 15.3 Å². The Kier molecular flexibility index (Phi) is 16.2. The maximum Gasteiger partial charge on any atom is 0.0693 e. The number of rotatable bonds is 0. The molecule has 107 valence electrons. The summed E-state index contributed by atoms with van der Waals surface area (Å²) in [5.41, 5.74) is 0. The van der Waals surface area contributed by atoms with Crippen LogP contribution in [-0.2, 0) is 32.7 Å². The van der Waals surface area contributed by atoms with Crippen LogP contribution in [0.25, 0.3) is 0 Å². The number of nitrogens with zero attached hydrogens (tertiary/aromatic N) is 1. The third-order valence-electron chi connectivity index (χ3n) is 1.83. The van der Waals surface area contributed by atoms with Crippen LogP contribution in [0.15, 0.2) is 0 Å². The fraction of sp³-hybridized carbons (Fsp3) is 1.00. The molecule has 5 nitrogen and oxygen atoms in total. The average Bonchev–Trinajstić information content (AvgIpc) is 2.20. The summed E-state index contributed by atoms with van der Waals surface area (Å²) in [6, 6.07) is 0. The summed E-state index contributed by atoms with van der Waals surface area (Å²) in [4.78, 5) is 8.25. The van der Waals surface area contributed by atoms with Crippen molar-refractivity contribution in [2.45, 2.75) is 32.3 Å². The zero-order chi connectivity index (χ0) is 13.0. The van der Waals surface area contributed by atoms with Gasteiger partial charge in [0.15, 0.2) is 0 Å². The van der Waals surface area contributed by atoms with Gasteiger partial charge >= 0.3 is 0 Å². The third-order valence-corrected chi connectivity index (χ3v) is 5.86. The molecule has 0 aromatic heterocycles. The van der Waals surface area contributed by atoms with Crippen molar-refractivity contribution < 1.29 is 43.3 Å². The van der Waals surface area contributed by atoms with E-state index in [0.29, 0.717) is 0 Å². The van der Waals surface area contributed by atoms with Crippen LogP contribution in [0.2, 0.25) is 0 Å². The van der Waals surface area contributed by atoms with Crippen molar-refractivity contribution in [2.75, 3.05) is 0 Å². The SMILES string of the molecule is Cl[C@H]1[C@H](Cl)[C@@H](Cl)[C@@H](Cl)[C@H](Cl)[C@H]1Cl.O.O=[N+]([O-])[O-].[Y]. The monoisotopic (exact) mass is 457 g/mol. The van der Waals surface area contributed by atoms with Gasteiger partial charge in [-0.1, -0.05) is 0 Å². The molecule has 0 aromatic rings. The van der Waals surface area contributed by atoms with Gasteiger partial charge in [-0.15, -0.1) is 69.6 Å². The van der Waals surface area contributed by atoms with Crippen molar-refractivity contribution in [3.63, 3.8) is 0 Å². The maximum atomic E-state index is 8.25. The van der Waals surface area contributed by atoms with Crippen molar-refractivity contribution >= 4 is 69.6 Å². The van der Waals surface area contributed by atoms with Gasteiger partial charge in [-0.3, -0.25) is 0 Å². The zero-order valence-corrected chi connectivity index (χ0v) is 15.9. The molecule has 0 atom stereocenters. The minimum absolute atomic E-state index is 0. The molecule has 0 bridgehead atoms. The molecule has 1 rings (SSSR count). The molecular formula is C6H8Cl6NO4Y-. The van der Waals surface area contributed by atoms with Gasteiger partial charge in [-0.25, -0.2) is 0 Å². The first-order chi connectivity index (χ1) is 7.20. The summed E-state index contributed by atoms with van der Waals surface area (Å²) in [5.74, 6) is 0. The van der Waals surface area contributed by atoms with E-state index in [2.05, 4.69) is 0 Å². The third kappa shape index (κ3) is 7.70. The molecule has 0 aromatic carbocycles. The molecule has 0 saturated heterocycles. The van der Waals surface area contributed by atoms with Gasteiger partial charge in [0.05, 0.1) is 37.3 Å². The van der Waals surface area contributed by atoms with E-state index in [4.69, 9.17) is 84.9 Å². The van der Waals surface area contributed by atoms with E-state index in [0.717, 1.165) is 0 Å². The normalized spacial score (nSPS) is 38.3. The Morgan fingerprint density at radius 3 is 0.778 bits per heavy atom. The summed E-state index contributed by atoms with van der Waals surface area (Å²) in [5, 5.41) is 12.1. The van der Waals surface area contributed by atoms with Crippen LogP contribution in [-0.4, -0.2) is 42.8 Å². The summed E-state index contributed by atoms with van der Waals surface area (Å²) in [7, 11) is 0. The van der Waals surface area contributed by atoms with E-state index in [-0.39, 0.29) is 38.2 Å². The van der Waals surface area contributed by atoms with Crippen LogP contribution < -0.4 is 0 Å². The minimum Gasteiger partial charge on any atom is -0.412 e. The van der Waals surface area contributed by atoms with Crippen LogP contribution in [0.4, 0.5) is 0 Å². The number of hydrogen-bond donors (Lipinski definition) is 0. The molecule has 1 aliphatic carbocycles. The first kappa shape index (κ1) is 25.0. The predicted octanol–water partition coefficient (Wildman–Crippen LogP) is 2.58. The van der Waals surface area contributed by atoms with Gasteiger partial charge in [0.2, 0.25) is 0 Å². The second kappa shape index (κ2) is 11.6. The molecule has 0 aliphatic heterocycles. The van der Waals surface area contributed by atoms with Crippen molar-refractivity contribution in [1.29, 1.82) is 0 Å². The molecule has 12 heteroatoms. The smallest absolute Gasteiger partial charge is 0.0693 e. The minimum atomic E-state index is -1.75. The number of alkyl halides is 6. The fourth-order valence-electron chi connectivity index (χ4n) is 1.05. The molecule has 1 radical (unpaired) electrons. The molecule has 0 unspecified atom stereocenters. The van der Waals surface area contributed by atoms with Crippen LogP contribution in [0.1, 0.15) is 0 Å². The molecule has 18 heavy (non-hydrogen) atoms. The van der Waals surface area contributed by atoms with E-state index in [1.54, 1.807) is 0 Å². The van der Waals surface area contributed by atoms with Crippen LogP contribution in [0.3, 0.4) is 0 Å². The van der Waals surface area contributed by atoms with E-state index in [9.17, 15) is 0 Å². The second-order valence-electron chi connectivity index (χ2n) is 2.89. The number of hydrogen-bond acceptors (Lipinski definition) is 3. The topological polar surface area (TPSA) is 97.7 Å². The van der Waals surface area contributed by atoms with Crippen molar-refractivity contribution in [3.8, 4) is 0 Å². The van der Waals surface area contributed by atoms with Crippen molar-refractivity contribution in [3.05, 3.63) is 15.3 Å². The maximum absolute atomic E-state index is 8.25. The molecule has 0 spiro atoms. The molecule has 0 amide bonds. The average molecular weight is 460 g/mol. The molecule has 1 saturated carbocycles. The molecule has 2 N–H and O–H groups in total. The van der Waals surface area contributed by atoms with Crippen molar-refractivity contribution in [1.82, 2.24) is 0 Å². The molecule has 1 aliphatic rings. The van der Waals surface area contributed by atoms with Gasteiger partial charge in [0.25, 0.3) is 0 Å². The Balaban J connectivity index is -0.000000332. The molecule has 0 heterocycles. The van der Waals surface area contributed by atoms with Gasteiger partial charge in [0, 0.05) is 32.7 Å². The molecular weight excluding hydrogens is 452 g/mol. The Bertz CT molecular complexity index is 190.